The van der Waals surface area contributed by atoms with Gasteiger partial charge in [-0.25, -0.2) is 9.59 Å². The zero-order valence-corrected chi connectivity index (χ0v) is 21.3. The highest BCUT2D eigenvalue weighted by Crippen LogP contribution is 2.56. The number of imide groups is 1. The van der Waals surface area contributed by atoms with Crippen molar-refractivity contribution in [3.05, 3.63) is 59.7 Å². The Morgan fingerprint density at radius 2 is 1.37 bits per heavy atom. The van der Waals surface area contributed by atoms with Crippen molar-refractivity contribution >= 4 is 41.0 Å². The van der Waals surface area contributed by atoms with Crippen LogP contribution in [0.15, 0.2) is 48.5 Å². The summed E-state index contributed by atoms with van der Waals surface area (Å²) in [6, 6.07) is 12.3. The summed E-state index contributed by atoms with van der Waals surface area (Å²) in [5, 5.41) is 2.60. The molecule has 1 heterocycles. The van der Waals surface area contributed by atoms with Crippen LogP contribution >= 0.6 is 0 Å². The number of amides is 3. The fraction of sp³-hybridized carbons (Fsp3) is 0.414. The quantitative estimate of drug-likeness (QED) is 0.417. The zero-order valence-electron chi connectivity index (χ0n) is 21.3. The van der Waals surface area contributed by atoms with E-state index in [2.05, 4.69) is 5.32 Å². The number of nitrogens with zero attached hydrogens (tertiary/aromatic N) is 1. The van der Waals surface area contributed by atoms with Crippen molar-refractivity contribution in [1.82, 2.24) is 0 Å². The molecule has 2 aromatic rings. The summed E-state index contributed by atoms with van der Waals surface area (Å²) >= 11 is 0. The number of hydrogen-bond acceptors (Lipinski definition) is 7. The van der Waals surface area contributed by atoms with Gasteiger partial charge in [0.25, 0.3) is 5.91 Å². The smallest absolute Gasteiger partial charge is 0.338 e. The van der Waals surface area contributed by atoms with Crippen molar-refractivity contribution in [2.45, 2.75) is 33.1 Å². The van der Waals surface area contributed by atoms with Gasteiger partial charge in [-0.3, -0.25) is 19.3 Å². The lowest BCUT2D eigenvalue weighted by atomic mass is 9.81. The number of ether oxygens (including phenoxy) is 2. The van der Waals surface area contributed by atoms with E-state index in [1.54, 1.807) is 36.4 Å². The number of rotatable bonds is 8. The highest BCUT2D eigenvalue weighted by molar-refractivity contribution is 6.22. The number of anilines is 2. The monoisotopic (exact) mass is 518 g/mol. The number of fused-ring (bicyclic) bond motifs is 5. The fourth-order valence-electron chi connectivity index (χ4n) is 5.84. The molecule has 5 rings (SSSR count). The molecule has 2 bridgehead atoms. The lowest BCUT2D eigenvalue weighted by Gasteiger charge is -2.19. The average Bonchev–Trinajstić information content (AvgIpc) is 3.60. The lowest BCUT2D eigenvalue weighted by molar-refractivity contribution is -0.123. The normalized spacial score (nSPS) is 23.5. The van der Waals surface area contributed by atoms with Crippen molar-refractivity contribution in [3.8, 4) is 0 Å². The summed E-state index contributed by atoms with van der Waals surface area (Å²) in [4.78, 5) is 63.9. The van der Waals surface area contributed by atoms with Gasteiger partial charge < -0.3 is 14.8 Å². The van der Waals surface area contributed by atoms with Crippen molar-refractivity contribution in [1.29, 1.82) is 0 Å². The summed E-state index contributed by atoms with van der Waals surface area (Å²) in [5.74, 6) is -1.55. The molecule has 198 valence electrons. The molecule has 1 saturated heterocycles. The SMILES string of the molecule is CC(C)COC(=O)c1ccc(NC(=O)COC(=O)c2ccc(N3C(=O)[C@H]4[C@H]5CC[C@@H](C5)[C@@H]4C3=O)cc2)cc1. The minimum absolute atomic E-state index is 0.139. The predicted molar refractivity (Wildman–Crippen MR) is 137 cm³/mol. The van der Waals surface area contributed by atoms with Gasteiger partial charge in [-0.15, -0.1) is 0 Å². The largest absolute Gasteiger partial charge is 0.462 e. The Balaban J connectivity index is 1.12. The van der Waals surface area contributed by atoms with E-state index in [1.807, 2.05) is 13.8 Å². The second-order valence-corrected chi connectivity index (χ2v) is 10.6. The molecular formula is C29H30N2O7. The summed E-state index contributed by atoms with van der Waals surface area (Å²) in [6.45, 7) is 3.70. The molecule has 3 amide bonds. The van der Waals surface area contributed by atoms with Gasteiger partial charge in [0, 0.05) is 5.69 Å². The Labute approximate surface area is 220 Å². The molecule has 38 heavy (non-hydrogen) atoms. The summed E-state index contributed by atoms with van der Waals surface area (Å²) in [7, 11) is 0. The minimum atomic E-state index is -0.705. The van der Waals surface area contributed by atoms with E-state index < -0.39 is 24.5 Å². The number of benzene rings is 2. The molecule has 0 aromatic heterocycles. The highest BCUT2D eigenvalue weighted by atomic mass is 16.5. The first-order chi connectivity index (χ1) is 18.2. The van der Waals surface area contributed by atoms with Crippen LogP contribution in [0.3, 0.4) is 0 Å². The molecule has 3 aliphatic rings. The lowest BCUT2D eigenvalue weighted by Crippen LogP contribution is -2.32. The highest BCUT2D eigenvalue weighted by Gasteiger charge is 2.61. The third-order valence-electron chi connectivity index (χ3n) is 7.58. The first-order valence-electron chi connectivity index (χ1n) is 12.9. The summed E-state index contributed by atoms with van der Waals surface area (Å²) < 4.78 is 10.3. The van der Waals surface area contributed by atoms with E-state index in [9.17, 15) is 24.0 Å². The molecule has 1 aliphatic heterocycles. The van der Waals surface area contributed by atoms with Gasteiger partial charge in [-0.1, -0.05) is 13.8 Å². The van der Waals surface area contributed by atoms with Crippen LogP contribution in [0.4, 0.5) is 11.4 Å². The Kier molecular flexibility index (Phi) is 7.01. The average molecular weight is 519 g/mol. The maximum Gasteiger partial charge on any atom is 0.338 e. The van der Waals surface area contributed by atoms with Gasteiger partial charge >= 0.3 is 11.9 Å². The second-order valence-electron chi connectivity index (χ2n) is 10.6. The standard InChI is InChI=1S/C29H30N2O7/c1-16(2)14-37-28(35)17-5-9-21(10-6-17)30-23(32)15-38-29(36)18-7-11-22(12-8-18)31-26(33)24-19-3-4-20(13-19)25(24)27(31)34/h5-12,16,19-20,24-25H,3-4,13-15H2,1-2H3,(H,30,32)/t19-,20-,24-,25-/m0/s1. The van der Waals surface area contributed by atoms with E-state index in [0.717, 1.165) is 19.3 Å². The third kappa shape index (κ3) is 4.92. The zero-order chi connectivity index (χ0) is 27.0. The Morgan fingerprint density at radius 1 is 0.842 bits per heavy atom. The van der Waals surface area contributed by atoms with Crippen LogP contribution in [0.2, 0.25) is 0 Å². The maximum atomic E-state index is 13.0. The van der Waals surface area contributed by atoms with Crippen LogP contribution in [0, 0.1) is 29.6 Å². The molecule has 2 aromatic carbocycles. The molecular weight excluding hydrogens is 488 g/mol. The summed E-state index contributed by atoms with van der Waals surface area (Å²) in [5.41, 5.74) is 1.45. The van der Waals surface area contributed by atoms with Gasteiger partial charge in [-0.2, -0.15) is 0 Å². The molecule has 1 N–H and O–H groups in total. The number of esters is 2. The Bertz CT molecular complexity index is 1240. The van der Waals surface area contributed by atoms with Gasteiger partial charge in [0.1, 0.15) is 0 Å². The molecule has 9 heteroatoms. The molecule has 4 atom stereocenters. The molecule has 3 fully saturated rings. The molecule has 2 aliphatic carbocycles. The van der Waals surface area contributed by atoms with Crippen LogP contribution in [0.25, 0.3) is 0 Å². The van der Waals surface area contributed by atoms with Crippen LogP contribution in [0.5, 0.6) is 0 Å². The number of carbonyl (C=O) groups is 5. The van der Waals surface area contributed by atoms with Crippen LogP contribution in [-0.4, -0.2) is 42.9 Å². The second kappa shape index (κ2) is 10.4. The molecule has 9 nitrogen and oxygen atoms in total. The minimum Gasteiger partial charge on any atom is -0.462 e. The molecule has 0 unspecified atom stereocenters. The van der Waals surface area contributed by atoms with Gasteiger partial charge in [0.2, 0.25) is 11.8 Å². The predicted octanol–water partition coefficient (Wildman–Crippen LogP) is 3.83. The fourth-order valence-corrected chi connectivity index (χ4v) is 5.84. The van der Waals surface area contributed by atoms with E-state index in [0.29, 0.717) is 35.4 Å². The van der Waals surface area contributed by atoms with E-state index in [1.165, 1.54) is 17.0 Å². The van der Waals surface area contributed by atoms with Gasteiger partial charge in [0.05, 0.1) is 35.3 Å². The molecule has 0 radical (unpaired) electrons. The Morgan fingerprint density at radius 3 is 1.92 bits per heavy atom. The van der Waals surface area contributed by atoms with E-state index >= 15 is 0 Å². The van der Waals surface area contributed by atoms with E-state index in [-0.39, 0.29) is 35.1 Å². The van der Waals surface area contributed by atoms with Crippen molar-refractivity contribution in [2.24, 2.45) is 29.6 Å². The number of nitrogens with one attached hydrogen (secondary N) is 1. The number of hydrogen-bond donors (Lipinski definition) is 1. The third-order valence-corrected chi connectivity index (χ3v) is 7.58. The summed E-state index contributed by atoms with van der Waals surface area (Å²) in [6.07, 6.45) is 2.99. The van der Waals surface area contributed by atoms with Crippen LogP contribution in [-0.2, 0) is 23.9 Å². The van der Waals surface area contributed by atoms with Crippen molar-refractivity contribution in [2.75, 3.05) is 23.4 Å². The van der Waals surface area contributed by atoms with Crippen LogP contribution in [0.1, 0.15) is 53.8 Å². The first kappa shape index (κ1) is 25.6. The van der Waals surface area contributed by atoms with Crippen molar-refractivity contribution in [3.63, 3.8) is 0 Å². The van der Waals surface area contributed by atoms with Crippen molar-refractivity contribution < 1.29 is 33.4 Å². The van der Waals surface area contributed by atoms with Gasteiger partial charge in [-0.05, 0) is 85.5 Å². The molecule has 0 spiro atoms. The molecule has 2 saturated carbocycles. The first-order valence-corrected chi connectivity index (χ1v) is 12.9. The van der Waals surface area contributed by atoms with Gasteiger partial charge in [0.15, 0.2) is 6.61 Å². The van der Waals surface area contributed by atoms with E-state index in [4.69, 9.17) is 9.47 Å². The Hall–Kier alpha value is -4.01. The topological polar surface area (TPSA) is 119 Å². The maximum absolute atomic E-state index is 13.0. The van der Waals surface area contributed by atoms with Crippen LogP contribution < -0.4 is 10.2 Å². The number of carbonyl (C=O) groups excluding carboxylic acids is 5.